The lowest BCUT2D eigenvalue weighted by Gasteiger charge is -2.23. The molecule has 164 valence electrons. The molecule has 3 aromatic rings. The number of fused-ring (bicyclic) bond motifs is 1. The number of nitrogens with one attached hydrogen (secondary N) is 1. The van der Waals surface area contributed by atoms with Gasteiger partial charge in [-0.3, -0.25) is 0 Å². The molecule has 2 aromatic heterocycles. The Hall–Kier alpha value is -2.58. The number of rotatable bonds is 5. The van der Waals surface area contributed by atoms with Crippen molar-refractivity contribution in [1.82, 2.24) is 20.4 Å². The first-order valence-electron chi connectivity index (χ1n) is 11.1. The number of halogens is 1. The summed E-state index contributed by atoms with van der Waals surface area (Å²) in [7, 11) is 0. The van der Waals surface area contributed by atoms with Crippen LogP contribution in [0, 0.1) is 19.7 Å². The van der Waals surface area contributed by atoms with Gasteiger partial charge in [0.25, 0.3) is 5.89 Å². The van der Waals surface area contributed by atoms with Crippen molar-refractivity contribution < 1.29 is 13.7 Å². The lowest BCUT2D eigenvalue weighted by atomic mass is 10.00. The molecule has 0 saturated carbocycles. The number of pyridine rings is 1. The number of benzene rings is 1. The summed E-state index contributed by atoms with van der Waals surface area (Å²) in [6.45, 7) is 9.02. The minimum Gasteiger partial charge on any atom is -0.380 e. The third-order valence-electron chi connectivity index (χ3n) is 6.38. The van der Waals surface area contributed by atoms with Crippen molar-refractivity contribution in [2.45, 2.75) is 52.1 Å². The fraction of sp³-hybridized carbons (Fsp3) is 0.522. The molecule has 1 unspecified atom stereocenters. The lowest BCUT2D eigenvalue weighted by Crippen LogP contribution is -2.40. The van der Waals surface area contributed by atoms with Crippen LogP contribution in [0.3, 0.4) is 0 Å². The van der Waals surface area contributed by atoms with E-state index in [0.717, 1.165) is 67.6 Å². The summed E-state index contributed by atoms with van der Waals surface area (Å²) in [6.07, 6.45) is 2.80. The lowest BCUT2D eigenvalue weighted by molar-refractivity contribution is 0.188. The Morgan fingerprint density at radius 3 is 2.77 bits per heavy atom. The van der Waals surface area contributed by atoms with Crippen molar-refractivity contribution in [2.24, 2.45) is 0 Å². The largest absolute Gasteiger partial charge is 0.380 e. The first-order valence-corrected chi connectivity index (χ1v) is 11.1. The van der Waals surface area contributed by atoms with E-state index in [0.29, 0.717) is 35.1 Å². The average Bonchev–Trinajstić information content (AvgIpc) is 3.51. The van der Waals surface area contributed by atoms with Gasteiger partial charge < -0.3 is 19.5 Å². The Morgan fingerprint density at radius 1 is 1.19 bits per heavy atom. The van der Waals surface area contributed by atoms with E-state index in [-0.39, 0.29) is 5.82 Å². The fourth-order valence-electron chi connectivity index (χ4n) is 4.69. The van der Waals surface area contributed by atoms with E-state index in [2.05, 4.69) is 20.4 Å². The highest BCUT2D eigenvalue weighted by Gasteiger charge is 2.31. The molecule has 1 aromatic carbocycles. The molecule has 7 nitrogen and oxygen atoms in total. The normalized spacial score (nSPS) is 21.5. The molecule has 0 aliphatic carbocycles. The zero-order valence-corrected chi connectivity index (χ0v) is 18.2. The predicted molar refractivity (Wildman–Crippen MR) is 117 cm³/mol. The van der Waals surface area contributed by atoms with Crippen LogP contribution in [0.5, 0.6) is 0 Å². The first-order chi connectivity index (χ1) is 15.0. The maximum Gasteiger partial charge on any atom is 0.261 e. The second-order valence-corrected chi connectivity index (χ2v) is 8.57. The number of hydrogen-bond acceptors (Lipinski definition) is 7. The summed E-state index contributed by atoms with van der Waals surface area (Å²) in [6, 6.07) is 4.35. The van der Waals surface area contributed by atoms with Crippen LogP contribution in [0.2, 0.25) is 0 Å². The van der Waals surface area contributed by atoms with Crippen molar-refractivity contribution in [1.29, 1.82) is 0 Å². The summed E-state index contributed by atoms with van der Waals surface area (Å²) >= 11 is 0. The van der Waals surface area contributed by atoms with E-state index in [4.69, 9.17) is 14.2 Å². The number of nitrogens with zero attached hydrogens (tertiary/aromatic N) is 4. The van der Waals surface area contributed by atoms with Crippen LogP contribution in [-0.2, 0) is 11.2 Å². The van der Waals surface area contributed by atoms with Gasteiger partial charge in [-0.2, -0.15) is 4.98 Å². The molecule has 0 bridgehead atoms. The van der Waals surface area contributed by atoms with Gasteiger partial charge in [0, 0.05) is 37.2 Å². The van der Waals surface area contributed by atoms with E-state index < -0.39 is 0 Å². The van der Waals surface area contributed by atoms with Gasteiger partial charge >= 0.3 is 0 Å². The van der Waals surface area contributed by atoms with E-state index in [9.17, 15) is 0 Å². The molecule has 2 saturated heterocycles. The maximum absolute atomic E-state index is 15.0. The number of hydrogen-bond donors (Lipinski definition) is 1. The molecule has 5 rings (SSSR count). The van der Waals surface area contributed by atoms with Gasteiger partial charge in [-0.25, -0.2) is 9.37 Å². The second kappa shape index (κ2) is 8.16. The molecule has 0 spiro atoms. The van der Waals surface area contributed by atoms with Crippen molar-refractivity contribution >= 4 is 16.7 Å². The molecule has 2 aliphatic rings. The average molecular weight is 426 g/mol. The Kier molecular flexibility index (Phi) is 5.35. The highest BCUT2D eigenvalue weighted by Crippen LogP contribution is 2.38. The van der Waals surface area contributed by atoms with Gasteiger partial charge in [-0.1, -0.05) is 12.1 Å². The highest BCUT2D eigenvalue weighted by atomic mass is 19.1. The minimum atomic E-state index is -0.288. The van der Waals surface area contributed by atoms with E-state index in [1.165, 1.54) is 0 Å². The van der Waals surface area contributed by atoms with Gasteiger partial charge in [0.05, 0.1) is 12.2 Å². The Balaban J connectivity index is 1.58. The number of ether oxygens (including phenoxy) is 1. The molecule has 0 amide bonds. The van der Waals surface area contributed by atoms with Crippen LogP contribution in [-0.4, -0.2) is 53.5 Å². The van der Waals surface area contributed by atoms with Gasteiger partial charge in [-0.05, 0) is 56.4 Å². The summed E-state index contributed by atoms with van der Waals surface area (Å²) in [5, 5.41) is 8.48. The Bertz CT molecular complexity index is 1110. The van der Waals surface area contributed by atoms with Crippen LogP contribution in [0.4, 0.5) is 10.2 Å². The molecule has 1 N–H and O–H groups in total. The molecule has 8 heteroatoms. The number of aromatic nitrogens is 3. The Labute approximate surface area is 181 Å². The van der Waals surface area contributed by atoms with Crippen LogP contribution in [0.1, 0.15) is 36.7 Å². The topological polar surface area (TPSA) is 76.3 Å². The molecule has 2 fully saturated rings. The predicted octanol–water partition coefficient (Wildman–Crippen LogP) is 3.56. The van der Waals surface area contributed by atoms with Gasteiger partial charge in [-0.15, -0.1) is 0 Å². The van der Waals surface area contributed by atoms with Gasteiger partial charge in [0.2, 0.25) is 0 Å². The molecule has 0 radical (unpaired) electrons. The first kappa shape index (κ1) is 20.3. The third kappa shape index (κ3) is 3.78. The quantitative estimate of drug-likeness (QED) is 0.670. The number of anilines is 1. The summed E-state index contributed by atoms with van der Waals surface area (Å²) in [5.74, 6) is 1.42. The summed E-state index contributed by atoms with van der Waals surface area (Å²) in [5.41, 5.74) is 3.05. The monoisotopic (exact) mass is 425 g/mol. The Morgan fingerprint density at radius 2 is 2.06 bits per heavy atom. The molecular formula is C23H28FN5O2. The van der Waals surface area contributed by atoms with Crippen molar-refractivity contribution in [3.05, 3.63) is 34.9 Å². The smallest absolute Gasteiger partial charge is 0.261 e. The molecule has 4 heterocycles. The molecule has 2 atom stereocenters. The van der Waals surface area contributed by atoms with Crippen molar-refractivity contribution in [3.63, 3.8) is 0 Å². The van der Waals surface area contributed by atoms with Crippen molar-refractivity contribution in [3.8, 4) is 11.5 Å². The van der Waals surface area contributed by atoms with Crippen LogP contribution in [0.15, 0.2) is 16.7 Å². The number of aryl methyl sites for hydroxylation is 3. The molecular weight excluding hydrogens is 397 g/mol. The SMILES string of the molecule is CCc1cc(F)c2nc(N3CCC(N[C@@H]4CCOC4)C3)c(-c3nc(C)no3)c(C)c2c1. The molecule has 31 heavy (non-hydrogen) atoms. The summed E-state index contributed by atoms with van der Waals surface area (Å²) < 4.78 is 26.1. The summed E-state index contributed by atoms with van der Waals surface area (Å²) in [4.78, 5) is 11.5. The standard InChI is InChI=1S/C23H28FN5O2/c1-4-15-9-18-13(2)20(23-25-14(3)28-31-23)22(27-21(18)19(24)10-15)29-7-5-16(11-29)26-17-6-8-30-12-17/h9-10,16-17,26H,4-8,11-12H2,1-3H3/t16?,17-/m1/s1. The van der Waals surface area contributed by atoms with Crippen molar-refractivity contribution in [2.75, 3.05) is 31.2 Å². The maximum atomic E-state index is 15.0. The fourth-order valence-corrected chi connectivity index (χ4v) is 4.69. The second-order valence-electron chi connectivity index (χ2n) is 8.57. The van der Waals surface area contributed by atoms with Gasteiger partial charge in [0.15, 0.2) is 5.82 Å². The van der Waals surface area contributed by atoms with Crippen LogP contribution in [0.25, 0.3) is 22.4 Å². The van der Waals surface area contributed by atoms with Crippen LogP contribution < -0.4 is 10.2 Å². The van der Waals surface area contributed by atoms with E-state index in [1.807, 2.05) is 19.9 Å². The van der Waals surface area contributed by atoms with Crippen LogP contribution >= 0.6 is 0 Å². The van der Waals surface area contributed by atoms with E-state index >= 15 is 4.39 Å². The molecule has 2 aliphatic heterocycles. The van der Waals surface area contributed by atoms with E-state index in [1.54, 1.807) is 13.0 Å². The third-order valence-corrected chi connectivity index (χ3v) is 6.38. The minimum absolute atomic E-state index is 0.288. The zero-order chi connectivity index (χ0) is 21.5. The van der Waals surface area contributed by atoms with Gasteiger partial charge in [0.1, 0.15) is 17.2 Å². The highest BCUT2D eigenvalue weighted by molar-refractivity contribution is 5.93. The zero-order valence-electron chi connectivity index (χ0n) is 18.2.